The molecule has 2 aliphatic heterocycles. The Morgan fingerprint density at radius 1 is 1.45 bits per heavy atom. The van der Waals surface area contributed by atoms with E-state index in [1.807, 2.05) is 0 Å². The Kier molecular flexibility index (Phi) is 4.06. The molecule has 2 heterocycles. The van der Waals surface area contributed by atoms with Crippen molar-refractivity contribution in [3.05, 3.63) is 0 Å². The van der Waals surface area contributed by atoms with Crippen LogP contribution in [-0.2, 0) is 10.2 Å². The van der Waals surface area contributed by atoms with Gasteiger partial charge in [0.25, 0.3) is 10.2 Å². The number of nitrogens with two attached hydrogens (primary N) is 1. The van der Waals surface area contributed by atoms with Crippen LogP contribution in [0.15, 0.2) is 0 Å². The molecule has 10 heteroatoms. The van der Waals surface area contributed by atoms with Crippen molar-refractivity contribution < 1.29 is 21.6 Å². The van der Waals surface area contributed by atoms with Crippen LogP contribution in [0.25, 0.3) is 0 Å². The van der Waals surface area contributed by atoms with E-state index in [-0.39, 0.29) is 26.2 Å². The van der Waals surface area contributed by atoms with Gasteiger partial charge in [-0.1, -0.05) is 0 Å². The van der Waals surface area contributed by atoms with E-state index in [9.17, 15) is 21.6 Å². The molecule has 0 spiro atoms. The van der Waals surface area contributed by atoms with Crippen LogP contribution in [0.3, 0.4) is 0 Å². The van der Waals surface area contributed by atoms with Crippen LogP contribution >= 0.6 is 0 Å². The Morgan fingerprint density at radius 3 is 2.40 bits per heavy atom. The summed E-state index contributed by atoms with van der Waals surface area (Å²) in [5, 5.41) is 2.79. The second-order valence-corrected chi connectivity index (χ2v) is 7.60. The highest BCUT2D eigenvalue weighted by Gasteiger charge is 2.47. The molecule has 0 amide bonds. The average molecular weight is 316 g/mol. The Labute approximate surface area is 116 Å². The van der Waals surface area contributed by atoms with Crippen molar-refractivity contribution in [2.75, 3.05) is 32.7 Å². The fourth-order valence-electron chi connectivity index (χ4n) is 2.34. The molecule has 3 N–H and O–H groups in total. The largest absolute Gasteiger partial charge is 0.402 e. The molecule has 2 saturated heterocycles. The summed E-state index contributed by atoms with van der Waals surface area (Å²) in [5.74, 6) is 0. The lowest BCUT2D eigenvalue weighted by atomic mass is 10.0. The molecule has 1 atom stereocenters. The first kappa shape index (κ1) is 16.0. The fourth-order valence-corrected chi connectivity index (χ4v) is 4.25. The van der Waals surface area contributed by atoms with Crippen LogP contribution < -0.4 is 11.1 Å². The SMILES string of the molecule is C[C@@]1(N)CCN(S(=O)(=O)N(CC(F)(F)F)C2CNC2)C1. The van der Waals surface area contributed by atoms with E-state index in [4.69, 9.17) is 5.73 Å². The van der Waals surface area contributed by atoms with Gasteiger partial charge >= 0.3 is 6.18 Å². The summed E-state index contributed by atoms with van der Waals surface area (Å²) in [6.45, 7) is 0.917. The van der Waals surface area contributed by atoms with Gasteiger partial charge in [-0.2, -0.15) is 30.2 Å². The van der Waals surface area contributed by atoms with Gasteiger partial charge in [-0.3, -0.25) is 0 Å². The van der Waals surface area contributed by atoms with Crippen LogP contribution in [0.2, 0.25) is 0 Å². The number of nitrogens with one attached hydrogen (secondary N) is 1. The highest BCUT2D eigenvalue weighted by molar-refractivity contribution is 7.86. The molecule has 118 valence electrons. The third-order valence-corrected chi connectivity index (χ3v) is 5.58. The quantitative estimate of drug-likeness (QED) is 0.732. The normalized spacial score (nSPS) is 29.9. The molecule has 0 aromatic carbocycles. The predicted octanol–water partition coefficient (Wildman–Crippen LogP) is -0.510. The Bertz CT molecular complexity index is 462. The van der Waals surface area contributed by atoms with Gasteiger partial charge in [0.2, 0.25) is 0 Å². The topological polar surface area (TPSA) is 78.7 Å². The fraction of sp³-hybridized carbons (Fsp3) is 1.00. The molecular weight excluding hydrogens is 297 g/mol. The lowest BCUT2D eigenvalue weighted by Crippen LogP contribution is -2.63. The maximum absolute atomic E-state index is 12.6. The van der Waals surface area contributed by atoms with Crippen molar-refractivity contribution in [2.45, 2.75) is 31.1 Å². The summed E-state index contributed by atoms with van der Waals surface area (Å²) < 4.78 is 64.3. The molecule has 0 radical (unpaired) electrons. The van der Waals surface area contributed by atoms with Crippen LogP contribution in [0.4, 0.5) is 13.2 Å². The van der Waals surface area contributed by atoms with Crippen molar-refractivity contribution in [1.82, 2.24) is 13.9 Å². The molecule has 0 bridgehead atoms. The third kappa shape index (κ3) is 3.42. The summed E-state index contributed by atoms with van der Waals surface area (Å²) in [6.07, 6.45) is -4.12. The number of halogens is 3. The summed E-state index contributed by atoms with van der Waals surface area (Å²) in [4.78, 5) is 0. The molecule has 0 unspecified atom stereocenters. The number of hydrogen-bond acceptors (Lipinski definition) is 4. The number of nitrogens with zero attached hydrogens (tertiary/aromatic N) is 2. The summed E-state index contributed by atoms with van der Waals surface area (Å²) >= 11 is 0. The first-order valence-corrected chi connectivity index (χ1v) is 7.74. The highest BCUT2D eigenvalue weighted by Crippen LogP contribution is 2.27. The highest BCUT2D eigenvalue weighted by atomic mass is 32.2. The van der Waals surface area contributed by atoms with E-state index in [2.05, 4.69) is 5.32 Å². The summed E-state index contributed by atoms with van der Waals surface area (Å²) in [6, 6.07) is -0.647. The van der Waals surface area contributed by atoms with Crippen LogP contribution in [-0.4, -0.2) is 67.5 Å². The number of hydrogen-bond donors (Lipinski definition) is 2. The van der Waals surface area contributed by atoms with Gasteiger partial charge in [-0.05, 0) is 13.3 Å². The molecule has 2 fully saturated rings. The van der Waals surface area contributed by atoms with E-state index >= 15 is 0 Å². The van der Waals surface area contributed by atoms with Crippen LogP contribution in [0.1, 0.15) is 13.3 Å². The van der Waals surface area contributed by atoms with Crippen molar-refractivity contribution in [1.29, 1.82) is 0 Å². The van der Waals surface area contributed by atoms with Gasteiger partial charge in [0.05, 0.1) is 6.04 Å². The molecule has 2 aliphatic rings. The van der Waals surface area contributed by atoms with E-state index in [1.54, 1.807) is 6.92 Å². The third-order valence-electron chi connectivity index (χ3n) is 3.59. The lowest BCUT2D eigenvalue weighted by Gasteiger charge is -2.39. The summed E-state index contributed by atoms with van der Waals surface area (Å²) in [7, 11) is -4.14. The van der Waals surface area contributed by atoms with Gasteiger partial charge in [0.15, 0.2) is 0 Å². The first-order valence-electron chi connectivity index (χ1n) is 6.35. The van der Waals surface area contributed by atoms with Gasteiger partial charge < -0.3 is 11.1 Å². The second-order valence-electron chi connectivity index (χ2n) is 5.72. The summed E-state index contributed by atoms with van der Waals surface area (Å²) in [5.41, 5.74) is 5.17. The van der Waals surface area contributed by atoms with Crippen molar-refractivity contribution >= 4 is 10.2 Å². The molecule has 0 aromatic heterocycles. The van der Waals surface area contributed by atoms with Crippen LogP contribution in [0.5, 0.6) is 0 Å². The average Bonchev–Trinajstić information content (AvgIpc) is 2.53. The lowest BCUT2D eigenvalue weighted by molar-refractivity contribution is -0.141. The molecular formula is C10H19F3N4O2S. The van der Waals surface area contributed by atoms with Gasteiger partial charge in [0, 0.05) is 31.7 Å². The van der Waals surface area contributed by atoms with E-state index in [0.29, 0.717) is 10.7 Å². The van der Waals surface area contributed by atoms with E-state index < -0.39 is 34.5 Å². The molecule has 2 rings (SSSR count). The zero-order chi connectivity index (χ0) is 15.2. The standard InChI is InChI=1S/C10H19F3N4O2S/c1-9(14)2-3-16(6-9)20(18,19)17(7-10(11,12)13)8-4-15-5-8/h8,15H,2-7,14H2,1H3/t9-/m1/s1. The second kappa shape index (κ2) is 5.09. The molecule has 0 aromatic rings. The van der Waals surface area contributed by atoms with Crippen molar-refractivity contribution in [3.63, 3.8) is 0 Å². The van der Waals surface area contributed by atoms with Gasteiger partial charge in [-0.25, -0.2) is 0 Å². The molecule has 6 nitrogen and oxygen atoms in total. The molecule has 0 saturated carbocycles. The zero-order valence-electron chi connectivity index (χ0n) is 11.2. The molecule has 0 aliphatic carbocycles. The monoisotopic (exact) mass is 316 g/mol. The predicted molar refractivity (Wildman–Crippen MR) is 67.1 cm³/mol. The number of alkyl halides is 3. The smallest absolute Gasteiger partial charge is 0.324 e. The minimum atomic E-state index is -4.56. The molecule has 20 heavy (non-hydrogen) atoms. The first-order chi connectivity index (χ1) is 9.01. The van der Waals surface area contributed by atoms with E-state index in [0.717, 1.165) is 4.31 Å². The Hall–Kier alpha value is -0.420. The minimum absolute atomic E-state index is 0.0455. The zero-order valence-corrected chi connectivity index (χ0v) is 12.0. The van der Waals surface area contributed by atoms with Gasteiger partial charge in [0.1, 0.15) is 6.54 Å². The minimum Gasteiger partial charge on any atom is -0.324 e. The van der Waals surface area contributed by atoms with Crippen molar-refractivity contribution in [3.8, 4) is 0 Å². The van der Waals surface area contributed by atoms with Crippen LogP contribution in [0, 0.1) is 0 Å². The Morgan fingerprint density at radius 2 is 2.05 bits per heavy atom. The van der Waals surface area contributed by atoms with Crippen molar-refractivity contribution in [2.24, 2.45) is 5.73 Å². The number of rotatable bonds is 4. The Balaban J connectivity index is 2.18. The maximum atomic E-state index is 12.6. The maximum Gasteiger partial charge on any atom is 0.402 e. The van der Waals surface area contributed by atoms with E-state index in [1.165, 1.54) is 0 Å². The van der Waals surface area contributed by atoms with Gasteiger partial charge in [-0.15, -0.1) is 0 Å².